The van der Waals surface area contributed by atoms with Gasteiger partial charge in [0.2, 0.25) is 15.9 Å². The fraction of sp³-hybridized carbons (Fsp3) is 0.458. The Hall–Kier alpha value is -2.94. The number of carbonyl (C=O) groups excluding carboxylic acids is 1. The lowest BCUT2D eigenvalue weighted by Crippen LogP contribution is -2.48. The van der Waals surface area contributed by atoms with Gasteiger partial charge in [0.25, 0.3) is 0 Å². The average Bonchev–Trinajstić information content (AvgIpc) is 2.75. The largest absolute Gasteiger partial charge is 0.491 e. The van der Waals surface area contributed by atoms with E-state index < -0.39 is 22.0 Å². The van der Waals surface area contributed by atoms with Gasteiger partial charge in [0.1, 0.15) is 31.6 Å². The highest BCUT2D eigenvalue weighted by Gasteiger charge is 2.30. The molecule has 1 unspecified atom stereocenters. The summed E-state index contributed by atoms with van der Waals surface area (Å²) in [5.74, 6) is 1.33. The molecule has 0 fully saturated rings. The van der Waals surface area contributed by atoms with E-state index in [0.717, 1.165) is 21.9 Å². The van der Waals surface area contributed by atoms with Crippen molar-refractivity contribution in [1.82, 2.24) is 5.32 Å². The summed E-state index contributed by atoms with van der Waals surface area (Å²) in [6.07, 6.45) is 1.07. The molecular formula is C24H32N2O6S. The van der Waals surface area contributed by atoms with E-state index in [2.05, 4.69) is 26.1 Å². The number of nitrogens with zero attached hydrogens (tertiary/aromatic N) is 1. The molecule has 3 rings (SSSR count). The molecule has 0 saturated carbocycles. The highest BCUT2D eigenvalue weighted by molar-refractivity contribution is 7.92. The number of carbonyl (C=O) groups is 1. The van der Waals surface area contributed by atoms with Gasteiger partial charge in [0.05, 0.1) is 18.5 Å². The molecule has 0 aromatic heterocycles. The minimum Gasteiger partial charge on any atom is -0.491 e. The summed E-state index contributed by atoms with van der Waals surface area (Å²) in [4.78, 5) is 12.8. The number of nitrogens with one attached hydrogen (secondary N) is 1. The first-order chi connectivity index (χ1) is 15.5. The molecule has 180 valence electrons. The molecule has 2 aromatic carbocycles. The van der Waals surface area contributed by atoms with Gasteiger partial charge in [-0.25, -0.2) is 8.42 Å². The predicted octanol–water partition coefficient (Wildman–Crippen LogP) is 3.11. The van der Waals surface area contributed by atoms with E-state index in [4.69, 9.17) is 14.2 Å². The van der Waals surface area contributed by atoms with Gasteiger partial charge in [-0.2, -0.15) is 0 Å². The zero-order valence-electron chi connectivity index (χ0n) is 19.8. The first-order valence-electron chi connectivity index (χ1n) is 10.9. The van der Waals surface area contributed by atoms with Crippen molar-refractivity contribution in [2.45, 2.75) is 39.2 Å². The van der Waals surface area contributed by atoms with Crippen LogP contribution in [0.25, 0.3) is 0 Å². The standard InChI is InChI=1S/C24H32N2O6S/c1-17(23(27)25-12-13-30-20-9-7-6-8-19(20)24(2,3)4)26(33(5,28)29)18-10-11-21-22(16-18)32-15-14-31-21/h6-11,16-17H,12-15H2,1-5H3,(H,25,27). The van der Waals surface area contributed by atoms with E-state index in [1.54, 1.807) is 25.1 Å². The number of fused-ring (bicyclic) bond motifs is 1. The third-order valence-corrected chi connectivity index (χ3v) is 6.46. The molecule has 1 heterocycles. The van der Waals surface area contributed by atoms with Crippen LogP contribution in [-0.2, 0) is 20.2 Å². The van der Waals surface area contributed by atoms with E-state index in [9.17, 15) is 13.2 Å². The fourth-order valence-electron chi connectivity index (χ4n) is 3.67. The van der Waals surface area contributed by atoms with Gasteiger partial charge in [-0.15, -0.1) is 0 Å². The summed E-state index contributed by atoms with van der Waals surface area (Å²) in [7, 11) is -3.74. The summed E-state index contributed by atoms with van der Waals surface area (Å²) in [5.41, 5.74) is 1.33. The number of rotatable bonds is 8. The Bertz CT molecular complexity index is 1090. The maximum Gasteiger partial charge on any atom is 0.243 e. The van der Waals surface area contributed by atoms with Gasteiger partial charge in [0.15, 0.2) is 11.5 Å². The molecule has 2 aromatic rings. The molecular weight excluding hydrogens is 444 g/mol. The Morgan fingerprint density at radius 1 is 1.12 bits per heavy atom. The lowest BCUT2D eigenvalue weighted by Gasteiger charge is -2.29. The van der Waals surface area contributed by atoms with Crippen molar-refractivity contribution in [3.05, 3.63) is 48.0 Å². The van der Waals surface area contributed by atoms with Crippen molar-refractivity contribution in [2.24, 2.45) is 0 Å². The zero-order valence-corrected chi connectivity index (χ0v) is 20.6. The Labute approximate surface area is 195 Å². The van der Waals surface area contributed by atoms with Gasteiger partial charge in [0, 0.05) is 6.07 Å². The van der Waals surface area contributed by atoms with Crippen LogP contribution in [0.4, 0.5) is 5.69 Å². The van der Waals surface area contributed by atoms with Crippen molar-refractivity contribution >= 4 is 21.6 Å². The van der Waals surface area contributed by atoms with Gasteiger partial charge in [-0.05, 0) is 36.1 Å². The van der Waals surface area contributed by atoms with Crippen molar-refractivity contribution in [1.29, 1.82) is 0 Å². The van der Waals surface area contributed by atoms with Crippen molar-refractivity contribution in [3.8, 4) is 17.2 Å². The maximum atomic E-state index is 12.8. The van der Waals surface area contributed by atoms with Crippen LogP contribution < -0.4 is 23.8 Å². The highest BCUT2D eigenvalue weighted by Crippen LogP contribution is 2.35. The average molecular weight is 477 g/mol. The summed E-state index contributed by atoms with van der Waals surface area (Å²) in [5, 5.41) is 2.77. The SMILES string of the molecule is CC(C(=O)NCCOc1ccccc1C(C)(C)C)N(c1ccc2c(c1)OCCO2)S(C)(=O)=O. The minimum atomic E-state index is -3.74. The van der Waals surface area contributed by atoms with E-state index in [1.807, 2.05) is 24.3 Å². The minimum absolute atomic E-state index is 0.0754. The number of para-hydroxylation sites is 1. The summed E-state index contributed by atoms with van der Waals surface area (Å²) >= 11 is 0. The van der Waals surface area contributed by atoms with E-state index >= 15 is 0 Å². The third-order valence-electron chi connectivity index (χ3n) is 5.22. The second-order valence-corrected chi connectivity index (χ2v) is 10.8. The van der Waals surface area contributed by atoms with Gasteiger partial charge < -0.3 is 19.5 Å². The van der Waals surface area contributed by atoms with Gasteiger partial charge >= 0.3 is 0 Å². The molecule has 1 aliphatic rings. The van der Waals surface area contributed by atoms with Crippen molar-refractivity contribution in [3.63, 3.8) is 0 Å². The fourth-order valence-corrected chi connectivity index (χ4v) is 4.84. The monoisotopic (exact) mass is 476 g/mol. The molecule has 0 saturated heterocycles. The first-order valence-corrected chi connectivity index (χ1v) is 12.7. The number of hydrogen-bond acceptors (Lipinski definition) is 6. The Balaban J connectivity index is 1.65. The molecule has 33 heavy (non-hydrogen) atoms. The second-order valence-electron chi connectivity index (χ2n) is 8.95. The Kier molecular flexibility index (Phi) is 7.41. The molecule has 0 radical (unpaired) electrons. The van der Waals surface area contributed by atoms with E-state index in [0.29, 0.717) is 30.4 Å². The zero-order chi connectivity index (χ0) is 24.2. The third kappa shape index (κ3) is 6.10. The quantitative estimate of drug-likeness (QED) is 0.589. The van der Waals surface area contributed by atoms with Gasteiger partial charge in [-0.1, -0.05) is 39.0 Å². The number of hydrogen-bond donors (Lipinski definition) is 1. The second kappa shape index (κ2) is 9.91. The van der Waals surface area contributed by atoms with E-state index in [-0.39, 0.29) is 18.6 Å². The van der Waals surface area contributed by atoms with Crippen molar-refractivity contribution in [2.75, 3.05) is 36.9 Å². The lowest BCUT2D eigenvalue weighted by atomic mass is 9.86. The molecule has 1 amide bonds. The lowest BCUT2D eigenvalue weighted by molar-refractivity contribution is -0.121. The van der Waals surface area contributed by atoms with Crippen LogP contribution >= 0.6 is 0 Å². The van der Waals surface area contributed by atoms with Crippen molar-refractivity contribution < 1.29 is 27.4 Å². The molecule has 0 bridgehead atoms. The number of anilines is 1. The van der Waals surface area contributed by atoms with Crippen LogP contribution in [0.1, 0.15) is 33.3 Å². The first kappa shape index (κ1) is 24.7. The smallest absolute Gasteiger partial charge is 0.243 e. The maximum absolute atomic E-state index is 12.8. The van der Waals surface area contributed by atoms with Gasteiger partial charge in [-0.3, -0.25) is 9.10 Å². The summed E-state index contributed by atoms with van der Waals surface area (Å²) in [6, 6.07) is 11.6. The van der Waals surface area contributed by atoms with E-state index in [1.165, 1.54) is 0 Å². The Morgan fingerprint density at radius 3 is 2.45 bits per heavy atom. The number of sulfonamides is 1. The number of amides is 1. The van der Waals surface area contributed by atoms with Crippen LogP contribution in [0.3, 0.4) is 0 Å². The molecule has 9 heteroatoms. The highest BCUT2D eigenvalue weighted by atomic mass is 32.2. The molecule has 0 spiro atoms. The number of benzene rings is 2. The normalized spacial score (nSPS) is 14.3. The Morgan fingerprint density at radius 2 is 1.79 bits per heavy atom. The topological polar surface area (TPSA) is 94.2 Å². The summed E-state index contributed by atoms with van der Waals surface area (Å²) in [6.45, 7) is 9.17. The van der Waals surface area contributed by atoms with Crippen LogP contribution in [0, 0.1) is 0 Å². The van der Waals surface area contributed by atoms with Crippen LogP contribution in [0.2, 0.25) is 0 Å². The molecule has 1 aliphatic heterocycles. The molecule has 8 nitrogen and oxygen atoms in total. The predicted molar refractivity (Wildman–Crippen MR) is 128 cm³/mol. The van der Waals surface area contributed by atoms with Crippen LogP contribution in [0.5, 0.6) is 17.2 Å². The molecule has 1 N–H and O–H groups in total. The molecule has 1 atom stereocenters. The number of ether oxygens (including phenoxy) is 3. The van der Waals surface area contributed by atoms with Crippen LogP contribution in [0.15, 0.2) is 42.5 Å². The van der Waals surface area contributed by atoms with Crippen LogP contribution in [-0.4, -0.2) is 53.0 Å². The molecule has 0 aliphatic carbocycles. The summed E-state index contributed by atoms with van der Waals surface area (Å²) < 4.78 is 43.1.